The largest absolute Gasteiger partial charge is 0.456 e. The van der Waals surface area contributed by atoms with E-state index in [0.29, 0.717) is 11.8 Å². The van der Waals surface area contributed by atoms with E-state index in [4.69, 9.17) is 4.42 Å². The summed E-state index contributed by atoms with van der Waals surface area (Å²) < 4.78 is 6.10. The Morgan fingerprint density at radius 3 is 2.35 bits per heavy atom. The summed E-state index contributed by atoms with van der Waals surface area (Å²) in [5.41, 5.74) is 5.21. The molecular weight excluding hydrogens is 283 g/mol. The number of hydrogen-bond donors (Lipinski definition) is 1. The van der Waals surface area contributed by atoms with Crippen molar-refractivity contribution in [3.8, 4) is 0 Å². The van der Waals surface area contributed by atoms with Gasteiger partial charge in [-0.2, -0.15) is 0 Å². The molecule has 0 atom stereocenters. The molecule has 1 N–H and O–H groups in total. The van der Waals surface area contributed by atoms with Gasteiger partial charge in [-0.3, -0.25) is 0 Å². The molecular formula is C20H24BO2. The molecule has 0 saturated heterocycles. The van der Waals surface area contributed by atoms with Crippen molar-refractivity contribution < 1.29 is 9.44 Å². The quantitative estimate of drug-likeness (QED) is 0.716. The first-order valence-electron chi connectivity index (χ1n) is 8.44. The Bertz CT molecular complexity index is 830. The second-order valence-electron chi connectivity index (χ2n) is 7.22. The Balaban J connectivity index is 2.36. The minimum atomic E-state index is 0.514. The van der Waals surface area contributed by atoms with Gasteiger partial charge in [0.2, 0.25) is 0 Å². The highest BCUT2D eigenvalue weighted by Gasteiger charge is 2.20. The van der Waals surface area contributed by atoms with Gasteiger partial charge >= 0.3 is 7.48 Å². The lowest BCUT2D eigenvalue weighted by Gasteiger charge is -2.17. The molecule has 0 unspecified atom stereocenters. The average Bonchev–Trinajstić information content (AvgIpc) is 2.84. The molecule has 3 aromatic rings. The molecule has 0 aliphatic carbocycles. The fraction of sp³-hybridized carbons (Fsp3) is 0.400. The molecule has 119 valence electrons. The lowest BCUT2D eigenvalue weighted by atomic mass is 9.75. The van der Waals surface area contributed by atoms with Gasteiger partial charge in [-0.25, -0.2) is 0 Å². The van der Waals surface area contributed by atoms with Gasteiger partial charge in [0.1, 0.15) is 11.2 Å². The zero-order valence-corrected chi connectivity index (χ0v) is 14.4. The Morgan fingerprint density at radius 2 is 1.70 bits per heavy atom. The van der Waals surface area contributed by atoms with Crippen molar-refractivity contribution in [2.45, 2.75) is 40.5 Å². The highest BCUT2D eigenvalue weighted by molar-refractivity contribution is 6.48. The molecule has 0 spiro atoms. The van der Waals surface area contributed by atoms with Crippen LogP contribution in [0.4, 0.5) is 0 Å². The van der Waals surface area contributed by atoms with Crippen LogP contribution in [0.25, 0.3) is 21.9 Å². The van der Waals surface area contributed by atoms with Gasteiger partial charge in [0.05, 0.1) is 0 Å². The maximum atomic E-state index is 9.94. The molecule has 3 heteroatoms. The smallest absolute Gasteiger partial charge is 0.327 e. The molecule has 0 aliphatic heterocycles. The third kappa shape index (κ3) is 3.03. The van der Waals surface area contributed by atoms with Crippen molar-refractivity contribution in [1.82, 2.24) is 0 Å². The first-order chi connectivity index (χ1) is 11.0. The molecule has 0 amide bonds. The first-order valence-corrected chi connectivity index (χ1v) is 8.44. The maximum Gasteiger partial charge on any atom is 0.327 e. The average molecular weight is 307 g/mol. The molecule has 1 aromatic heterocycles. The number of furan rings is 1. The van der Waals surface area contributed by atoms with Crippen molar-refractivity contribution in [3.63, 3.8) is 0 Å². The van der Waals surface area contributed by atoms with E-state index in [2.05, 4.69) is 39.8 Å². The normalized spacial score (nSPS) is 12.0. The molecule has 1 heterocycles. The summed E-state index contributed by atoms with van der Waals surface area (Å²) in [7, 11) is 1.29. The Hall–Kier alpha value is -1.74. The molecule has 3 rings (SSSR count). The van der Waals surface area contributed by atoms with Crippen LogP contribution in [0.3, 0.4) is 0 Å². The number of para-hydroxylation sites is 1. The zero-order chi connectivity index (χ0) is 16.6. The third-order valence-electron chi connectivity index (χ3n) is 4.27. The Labute approximate surface area is 138 Å². The second kappa shape index (κ2) is 6.41. The molecule has 2 nitrogen and oxygen atoms in total. The summed E-state index contributed by atoms with van der Waals surface area (Å²) in [6, 6.07) is 10.3. The fourth-order valence-corrected chi connectivity index (χ4v) is 3.43. The van der Waals surface area contributed by atoms with E-state index in [-0.39, 0.29) is 0 Å². The van der Waals surface area contributed by atoms with Gasteiger partial charge in [0.15, 0.2) is 0 Å². The minimum Gasteiger partial charge on any atom is -0.456 e. The van der Waals surface area contributed by atoms with Crippen molar-refractivity contribution in [3.05, 3.63) is 41.5 Å². The Kier molecular flexibility index (Phi) is 4.49. The van der Waals surface area contributed by atoms with Crippen LogP contribution < -0.4 is 5.46 Å². The predicted molar refractivity (Wildman–Crippen MR) is 98.4 cm³/mol. The monoisotopic (exact) mass is 307 g/mol. The van der Waals surface area contributed by atoms with Crippen LogP contribution >= 0.6 is 0 Å². The van der Waals surface area contributed by atoms with Crippen LogP contribution in [0.15, 0.2) is 34.7 Å². The van der Waals surface area contributed by atoms with Gasteiger partial charge in [0, 0.05) is 10.8 Å². The van der Waals surface area contributed by atoms with Crippen LogP contribution in [0.2, 0.25) is 0 Å². The molecule has 0 saturated carbocycles. The van der Waals surface area contributed by atoms with E-state index >= 15 is 0 Å². The van der Waals surface area contributed by atoms with Crippen molar-refractivity contribution in [1.29, 1.82) is 0 Å². The third-order valence-corrected chi connectivity index (χ3v) is 4.27. The second-order valence-corrected chi connectivity index (χ2v) is 7.22. The van der Waals surface area contributed by atoms with E-state index in [9.17, 15) is 5.02 Å². The summed E-state index contributed by atoms with van der Waals surface area (Å²) in [5.74, 6) is 1.04. The summed E-state index contributed by atoms with van der Waals surface area (Å²) in [6.45, 7) is 8.83. The first kappa shape index (κ1) is 16.1. The number of hydrogen-bond acceptors (Lipinski definition) is 2. The summed E-state index contributed by atoms with van der Waals surface area (Å²) >= 11 is 0. The maximum absolute atomic E-state index is 9.94. The van der Waals surface area contributed by atoms with E-state index in [1.54, 1.807) is 0 Å². The highest BCUT2D eigenvalue weighted by Crippen LogP contribution is 2.33. The van der Waals surface area contributed by atoms with Gasteiger partial charge in [-0.15, -0.1) is 0 Å². The number of benzene rings is 2. The van der Waals surface area contributed by atoms with Crippen LogP contribution in [0, 0.1) is 11.8 Å². The molecule has 0 bridgehead atoms. The van der Waals surface area contributed by atoms with E-state index in [0.717, 1.165) is 40.2 Å². The lowest BCUT2D eigenvalue weighted by Crippen LogP contribution is -2.26. The van der Waals surface area contributed by atoms with Crippen molar-refractivity contribution in [2.75, 3.05) is 0 Å². The molecule has 1 radical (unpaired) electrons. The standard InChI is InChI=1S/C20H24BO2/c1-12(2)9-14-11-18-19(15-7-5-6-8-17(15)23-18)16(10-13(3)4)20(14)21-22/h5-8,11-13,22H,9-10H2,1-4H3. The molecule has 0 fully saturated rings. The van der Waals surface area contributed by atoms with Crippen LogP contribution in [-0.4, -0.2) is 12.5 Å². The predicted octanol–water partition coefficient (Wildman–Crippen LogP) is 4.22. The lowest BCUT2D eigenvalue weighted by molar-refractivity contribution is 0.608. The van der Waals surface area contributed by atoms with E-state index < -0.39 is 0 Å². The molecule has 2 aromatic carbocycles. The molecule has 0 aliphatic rings. The van der Waals surface area contributed by atoms with Crippen LogP contribution in [0.1, 0.15) is 38.8 Å². The number of rotatable bonds is 5. The van der Waals surface area contributed by atoms with Gasteiger partial charge in [-0.1, -0.05) is 45.9 Å². The van der Waals surface area contributed by atoms with Crippen molar-refractivity contribution in [2.24, 2.45) is 11.8 Å². The summed E-state index contributed by atoms with van der Waals surface area (Å²) in [5, 5.41) is 12.2. The van der Waals surface area contributed by atoms with Crippen LogP contribution in [-0.2, 0) is 12.8 Å². The SMILES string of the molecule is CC(C)Cc1cc2oc3ccccc3c2c(CC(C)C)c1[B]O. The van der Waals surface area contributed by atoms with E-state index in [1.807, 2.05) is 18.2 Å². The number of fused-ring (bicyclic) bond motifs is 3. The zero-order valence-electron chi connectivity index (χ0n) is 14.4. The Morgan fingerprint density at radius 1 is 1.00 bits per heavy atom. The minimum absolute atomic E-state index is 0.514. The van der Waals surface area contributed by atoms with Gasteiger partial charge in [-0.05, 0) is 53.4 Å². The van der Waals surface area contributed by atoms with Gasteiger partial charge in [0.25, 0.3) is 0 Å². The summed E-state index contributed by atoms with van der Waals surface area (Å²) in [6.07, 6.45) is 1.86. The summed E-state index contributed by atoms with van der Waals surface area (Å²) in [4.78, 5) is 0. The molecule has 23 heavy (non-hydrogen) atoms. The van der Waals surface area contributed by atoms with Gasteiger partial charge < -0.3 is 9.44 Å². The topological polar surface area (TPSA) is 33.4 Å². The van der Waals surface area contributed by atoms with Crippen molar-refractivity contribution >= 4 is 34.9 Å². The van der Waals surface area contributed by atoms with E-state index in [1.165, 1.54) is 18.6 Å². The highest BCUT2D eigenvalue weighted by atomic mass is 16.3. The fourth-order valence-electron chi connectivity index (χ4n) is 3.43. The van der Waals surface area contributed by atoms with Crippen LogP contribution in [0.5, 0.6) is 0 Å².